The van der Waals surface area contributed by atoms with Crippen LogP contribution in [0.25, 0.3) is 0 Å². The van der Waals surface area contributed by atoms with Crippen LogP contribution in [0.5, 0.6) is 0 Å². The fourth-order valence-corrected chi connectivity index (χ4v) is 1.44. The van der Waals surface area contributed by atoms with Crippen molar-refractivity contribution in [3.05, 3.63) is 0 Å². The van der Waals surface area contributed by atoms with Gasteiger partial charge in [0.25, 0.3) is 5.91 Å². The van der Waals surface area contributed by atoms with Gasteiger partial charge in [-0.15, -0.1) is 0 Å². The van der Waals surface area contributed by atoms with Gasteiger partial charge in [0.1, 0.15) is 12.6 Å². The highest BCUT2D eigenvalue weighted by Gasteiger charge is 2.33. The zero-order valence-electron chi connectivity index (χ0n) is 8.58. The average molecular weight is 187 g/mol. The molecule has 0 spiro atoms. The lowest BCUT2D eigenvalue weighted by molar-refractivity contribution is -0.927. The van der Waals surface area contributed by atoms with E-state index < -0.39 is 6.10 Å². The van der Waals surface area contributed by atoms with E-state index in [0.717, 1.165) is 12.8 Å². The van der Waals surface area contributed by atoms with Gasteiger partial charge in [0.15, 0.2) is 0 Å². The van der Waals surface area contributed by atoms with Crippen molar-refractivity contribution in [2.24, 2.45) is 5.92 Å². The standard InChI is InChI=1S/C9H18N2O2/c1-7(12)6-11(2,3)10-9(13)8-4-5-8/h7-8,12H,4-6H2,1-3H3/p+1. The van der Waals surface area contributed by atoms with Crippen LogP contribution in [0.1, 0.15) is 19.8 Å². The molecule has 1 fully saturated rings. The Morgan fingerprint density at radius 2 is 2.15 bits per heavy atom. The summed E-state index contributed by atoms with van der Waals surface area (Å²) in [7, 11) is 3.76. The molecule has 1 unspecified atom stereocenters. The number of aliphatic hydroxyl groups excluding tert-OH is 1. The monoisotopic (exact) mass is 187 g/mol. The average Bonchev–Trinajstić information content (AvgIpc) is 2.60. The van der Waals surface area contributed by atoms with Gasteiger partial charge in [-0.1, -0.05) is 0 Å². The lowest BCUT2D eigenvalue weighted by atomic mass is 10.3. The van der Waals surface area contributed by atoms with E-state index in [4.69, 9.17) is 0 Å². The van der Waals surface area contributed by atoms with Gasteiger partial charge >= 0.3 is 0 Å². The van der Waals surface area contributed by atoms with Crippen LogP contribution < -0.4 is 5.43 Å². The van der Waals surface area contributed by atoms with Gasteiger partial charge in [-0.25, -0.2) is 10.0 Å². The Balaban J connectivity index is 2.35. The van der Waals surface area contributed by atoms with Crippen LogP contribution in [0.4, 0.5) is 0 Å². The molecule has 0 aromatic carbocycles. The lowest BCUT2D eigenvalue weighted by Crippen LogP contribution is -2.57. The summed E-state index contributed by atoms with van der Waals surface area (Å²) < 4.78 is 0.354. The number of quaternary nitrogens is 1. The summed E-state index contributed by atoms with van der Waals surface area (Å²) in [5.41, 5.74) is 2.89. The second-order valence-electron chi connectivity index (χ2n) is 4.47. The largest absolute Gasteiger partial charge is 0.387 e. The second kappa shape index (κ2) is 3.64. The van der Waals surface area contributed by atoms with E-state index in [1.807, 2.05) is 14.1 Å². The third kappa shape index (κ3) is 3.74. The number of aliphatic hydroxyl groups is 1. The highest BCUT2D eigenvalue weighted by atomic mass is 16.3. The summed E-state index contributed by atoms with van der Waals surface area (Å²) >= 11 is 0. The highest BCUT2D eigenvalue weighted by Crippen LogP contribution is 2.29. The maximum Gasteiger partial charge on any atom is 0.268 e. The van der Waals surface area contributed by atoms with Gasteiger partial charge in [0.2, 0.25) is 0 Å². The summed E-state index contributed by atoms with van der Waals surface area (Å²) in [5, 5.41) is 9.19. The minimum absolute atomic E-state index is 0.116. The van der Waals surface area contributed by atoms with Crippen molar-refractivity contribution < 1.29 is 14.5 Å². The molecule has 1 amide bonds. The van der Waals surface area contributed by atoms with Gasteiger partial charge in [0.05, 0.1) is 14.1 Å². The van der Waals surface area contributed by atoms with Crippen LogP contribution in [0.2, 0.25) is 0 Å². The molecule has 4 heteroatoms. The highest BCUT2D eigenvalue weighted by molar-refractivity contribution is 5.79. The molecule has 0 bridgehead atoms. The molecule has 76 valence electrons. The van der Waals surface area contributed by atoms with E-state index in [9.17, 15) is 9.90 Å². The molecule has 2 N–H and O–H groups in total. The summed E-state index contributed by atoms with van der Waals surface area (Å²) in [6.07, 6.45) is 1.63. The minimum Gasteiger partial charge on any atom is -0.387 e. The third-order valence-electron chi connectivity index (χ3n) is 2.08. The predicted octanol–water partition coefficient (Wildman–Crippen LogP) is -0.115. The van der Waals surface area contributed by atoms with Crippen LogP contribution in [0.15, 0.2) is 0 Å². The predicted molar refractivity (Wildman–Crippen MR) is 49.5 cm³/mol. The van der Waals surface area contributed by atoms with Crippen LogP contribution in [-0.4, -0.2) is 42.3 Å². The summed E-state index contributed by atoms with van der Waals surface area (Å²) in [6, 6.07) is 0. The summed E-state index contributed by atoms with van der Waals surface area (Å²) in [6.45, 7) is 2.27. The van der Waals surface area contributed by atoms with Gasteiger partial charge in [0, 0.05) is 5.92 Å². The number of nitrogens with zero attached hydrogens (tertiary/aromatic N) is 1. The zero-order valence-corrected chi connectivity index (χ0v) is 8.58. The molecule has 0 saturated heterocycles. The smallest absolute Gasteiger partial charge is 0.268 e. The number of rotatable bonds is 4. The Hall–Kier alpha value is -0.610. The van der Waals surface area contributed by atoms with E-state index in [1.54, 1.807) is 6.92 Å². The first-order valence-corrected chi connectivity index (χ1v) is 4.74. The molecule has 13 heavy (non-hydrogen) atoms. The normalized spacial score (nSPS) is 19.7. The van der Waals surface area contributed by atoms with E-state index in [-0.39, 0.29) is 11.8 Å². The van der Waals surface area contributed by atoms with Crippen molar-refractivity contribution in [1.82, 2.24) is 5.43 Å². The van der Waals surface area contributed by atoms with Gasteiger partial charge in [-0.2, -0.15) is 0 Å². The molecule has 0 radical (unpaired) electrons. The van der Waals surface area contributed by atoms with Crippen LogP contribution >= 0.6 is 0 Å². The molecule has 1 atom stereocenters. The third-order valence-corrected chi connectivity index (χ3v) is 2.08. The first-order valence-electron chi connectivity index (χ1n) is 4.74. The fraction of sp³-hybridized carbons (Fsp3) is 0.889. The number of nitrogens with one attached hydrogen (secondary N) is 1. The number of carbonyl (C=O) groups excluding carboxylic acids is 1. The van der Waals surface area contributed by atoms with Crippen molar-refractivity contribution in [2.75, 3.05) is 20.6 Å². The van der Waals surface area contributed by atoms with Crippen molar-refractivity contribution in [1.29, 1.82) is 0 Å². The molecule has 0 heterocycles. The molecule has 0 aliphatic heterocycles. The van der Waals surface area contributed by atoms with E-state index in [2.05, 4.69) is 5.43 Å². The molecule has 1 rings (SSSR count). The lowest BCUT2D eigenvalue weighted by Gasteiger charge is -2.30. The van der Waals surface area contributed by atoms with Gasteiger partial charge < -0.3 is 5.11 Å². The van der Waals surface area contributed by atoms with Crippen LogP contribution in [0.3, 0.4) is 0 Å². The first kappa shape index (κ1) is 10.5. The van der Waals surface area contributed by atoms with Crippen molar-refractivity contribution >= 4 is 5.91 Å². The maximum absolute atomic E-state index is 11.4. The number of hydrogen-bond acceptors (Lipinski definition) is 2. The second-order valence-corrected chi connectivity index (χ2v) is 4.47. The van der Waals surface area contributed by atoms with E-state index in [1.165, 1.54) is 0 Å². The molecule has 1 aliphatic carbocycles. The Morgan fingerprint density at radius 3 is 2.54 bits per heavy atom. The fourth-order valence-electron chi connectivity index (χ4n) is 1.44. The zero-order chi connectivity index (χ0) is 10.1. The first-order chi connectivity index (χ1) is 5.91. The van der Waals surface area contributed by atoms with E-state index >= 15 is 0 Å². The molecule has 1 saturated carbocycles. The quantitative estimate of drug-likeness (QED) is 0.476. The molecular formula is C9H19N2O2+. The summed E-state index contributed by atoms with van der Waals surface area (Å²) in [5.74, 6) is 0.344. The van der Waals surface area contributed by atoms with Crippen molar-refractivity contribution in [2.45, 2.75) is 25.9 Å². The Labute approximate surface area is 79.1 Å². The minimum atomic E-state index is -0.394. The Bertz CT molecular complexity index is 198. The molecule has 1 aliphatic rings. The van der Waals surface area contributed by atoms with Crippen molar-refractivity contribution in [3.63, 3.8) is 0 Å². The maximum atomic E-state index is 11.4. The number of likely N-dealkylation sites (N-methyl/N-ethyl adjacent to an activating group) is 1. The van der Waals surface area contributed by atoms with E-state index in [0.29, 0.717) is 11.1 Å². The number of amides is 1. The molecule has 0 aromatic heterocycles. The van der Waals surface area contributed by atoms with Crippen molar-refractivity contribution in [3.8, 4) is 0 Å². The van der Waals surface area contributed by atoms with Gasteiger partial charge in [-0.3, -0.25) is 4.79 Å². The van der Waals surface area contributed by atoms with Gasteiger partial charge in [-0.05, 0) is 19.8 Å². The molecule has 0 aromatic rings. The molecule has 4 nitrogen and oxygen atoms in total. The summed E-state index contributed by atoms with van der Waals surface area (Å²) in [4.78, 5) is 11.4. The molecular weight excluding hydrogens is 168 g/mol. The number of hydrogen-bond donors (Lipinski definition) is 2. The number of carbonyl (C=O) groups is 1. The van der Waals surface area contributed by atoms with Crippen LogP contribution in [0, 0.1) is 5.92 Å². The van der Waals surface area contributed by atoms with Crippen LogP contribution in [-0.2, 0) is 4.79 Å². The topological polar surface area (TPSA) is 49.3 Å². The SMILES string of the molecule is CC(O)C[N+](C)(C)NC(=O)C1CC1. The Morgan fingerprint density at radius 1 is 1.62 bits per heavy atom. The Kier molecular flexibility index (Phi) is 2.93.